The third-order valence-electron chi connectivity index (χ3n) is 2.75. The minimum Gasteiger partial charge on any atom is -0.396 e. The molecule has 0 bridgehead atoms. The van der Waals surface area contributed by atoms with Gasteiger partial charge in [0.15, 0.2) is 0 Å². The molecule has 16 heavy (non-hydrogen) atoms. The molecule has 2 nitrogen and oxygen atoms in total. The fourth-order valence-corrected chi connectivity index (χ4v) is 1.88. The first-order valence-corrected chi connectivity index (χ1v) is 5.66. The average molecular weight is 215 g/mol. The van der Waals surface area contributed by atoms with E-state index in [1.807, 2.05) is 12.1 Å². The van der Waals surface area contributed by atoms with Crippen molar-refractivity contribution in [1.29, 1.82) is 0 Å². The van der Waals surface area contributed by atoms with E-state index in [1.54, 1.807) is 0 Å². The Labute approximate surface area is 95.9 Å². The molecule has 0 heterocycles. The van der Waals surface area contributed by atoms with E-state index in [0.717, 1.165) is 12.1 Å². The standard InChI is InChI=1S/C14H17NO/c1-11(9-10-16)15-14-8-4-6-12-5-2-3-7-13(12)14/h2-8,11,15-16H,9-10H2,1H3. The second-order valence-electron chi connectivity index (χ2n) is 4.08. The van der Waals surface area contributed by atoms with E-state index in [4.69, 9.17) is 5.11 Å². The van der Waals surface area contributed by atoms with E-state index >= 15 is 0 Å². The van der Waals surface area contributed by atoms with E-state index in [1.165, 1.54) is 10.8 Å². The summed E-state index contributed by atoms with van der Waals surface area (Å²) in [5, 5.41) is 14.8. The zero-order chi connectivity index (χ0) is 11.4. The molecule has 1 atom stereocenters. The molecule has 2 rings (SSSR count). The minimum absolute atomic E-state index is 0.221. The Hall–Kier alpha value is -1.54. The quantitative estimate of drug-likeness (QED) is 0.821. The van der Waals surface area contributed by atoms with E-state index in [2.05, 4.69) is 42.6 Å². The van der Waals surface area contributed by atoms with Gasteiger partial charge in [0, 0.05) is 23.7 Å². The van der Waals surface area contributed by atoms with Crippen LogP contribution in [0.3, 0.4) is 0 Å². The highest BCUT2D eigenvalue weighted by molar-refractivity contribution is 5.93. The molecule has 2 aromatic rings. The molecule has 2 N–H and O–H groups in total. The van der Waals surface area contributed by atoms with Crippen molar-refractivity contribution < 1.29 is 5.11 Å². The Morgan fingerprint density at radius 3 is 2.69 bits per heavy atom. The number of fused-ring (bicyclic) bond motifs is 1. The van der Waals surface area contributed by atoms with Crippen molar-refractivity contribution >= 4 is 16.5 Å². The fourth-order valence-electron chi connectivity index (χ4n) is 1.88. The summed E-state index contributed by atoms with van der Waals surface area (Å²) >= 11 is 0. The molecule has 0 saturated carbocycles. The molecule has 0 aromatic heterocycles. The molecule has 2 aromatic carbocycles. The van der Waals surface area contributed by atoms with Gasteiger partial charge in [-0.25, -0.2) is 0 Å². The van der Waals surface area contributed by atoms with Gasteiger partial charge >= 0.3 is 0 Å². The molecule has 0 amide bonds. The summed E-state index contributed by atoms with van der Waals surface area (Å²) in [4.78, 5) is 0. The Morgan fingerprint density at radius 2 is 1.88 bits per heavy atom. The number of rotatable bonds is 4. The van der Waals surface area contributed by atoms with Gasteiger partial charge in [-0.05, 0) is 24.8 Å². The fraction of sp³-hybridized carbons (Fsp3) is 0.286. The van der Waals surface area contributed by atoms with Gasteiger partial charge in [0.1, 0.15) is 0 Å². The van der Waals surface area contributed by atoms with Crippen molar-refractivity contribution in [1.82, 2.24) is 0 Å². The van der Waals surface area contributed by atoms with E-state index in [-0.39, 0.29) is 12.6 Å². The number of aliphatic hydroxyl groups is 1. The van der Waals surface area contributed by atoms with Crippen molar-refractivity contribution in [2.75, 3.05) is 11.9 Å². The number of benzene rings is 2. The monoisotopic (exact) mass is 215 g/mol. The van der Waals surface area contributed by atoms with Crippen molar-refractivity contribution in [3.8, 4) is 0 Å². The highest BCUT2D eigenvalue weighted by Gasteiger charge is 2.03. The van der Waals surface area contributed by atoms with E-state index in [0.29, 0.717) is 0 Å². The molecule has 0 saturated heterocycles. The minimum atomic E-state index is 0.221. The van der Waals surface area contributed by atoms with Crippen molar-refractivity contribution in [3.05, 3.63) is 42.5 Å². The van der Waals surface area contributed by atoms with Crippen molar-refractivity contribution in [2.45, 2.75) is 19.4 Å². The predicted molar refractivity (Wildman–Crippen MR) is 68.7 cm³/mol. The molecule has 0 aliphatic rings. The van der Waals surface area contributed by atoms with Crippen LogP contribution < -0.4 is 5.32 Å². The maximum Gasteiger partial charge on any atom is 0.0450 e. The largest absolute Gasteiger partial charge is 0.396 e. The van der Waals surface area contributed by atoms with Crippen molar-refractivity contribution in [2.24, 2.45) is 0 Å². The van der Waals surface area contributed by atoms with Gasteiger partial charge in [-0.2, -0.15) is 0 Å². The summed E-state index contributed by atoms with van der Waals surface area (Å²) < 4.78 is 0. The van der Waals surface area contributed by atoms with Gasteiger partial charge in [-0.1, -0.05) is 36.4 Å². The molecule has 0 fully saturated rings. The molecule has 1 unspecified atom stereocenters. The lowest BCUT2D eigenvalue weighted by Gasteiger charge is -2.15. The Balaban J connectivity index is 2.30. The average Bonchev–Trinajstić information content (AvgIpc) is 2.30. The van der Waals surface area contributed by atoms with Crippen LogP contribution in [-0.4, -0.2) is 17.8 Å². The third kappa shape index (κ3) is 2.34. The van der Waals surface area contributed by atoms with Crippen molar-refractivity contribution in [3.63, 3.8) is 0 Å². The highest BCUT2D eigenvalue weighted by Crippen LogP contribution is 2.23. The lowest BCUT2D eigenvalue weighted by Crippen LogP contribution is -2.16. The second kappa shape index (κ2) is 4.99. The number of anilines is 1. The number of hydrogen-bond acceptors (Lipinski definition) is 2. The molecular weight excluding hydrogens is 198 g/mol. The molecule has 0 spiro atoms. The number of nitrogens with one attached hydrogen (secondary N) is 1. The summed E-state index contributed by atoms with van der Waals surface area (Å²) in [7, 11) is 0. The lowest BCUT2D eigenvalue weighted by molar-refractivity contribution is 0.282. The van der Waals surface area contributed by atoms with Crippen LogP contribution in [0.5, 0.6) is 0 Å². The first-order valence-electron chi connectivity index (χ1n) is 5.66. The van der Waals surface area contributed by atoms with Gasteiger partial charge in [0.2, 0.25) is 0 Å². The van der Waals surface area contributed by atoms with Crippen LogP contribution in [0, 0.1) is 0 Å². The first kappa shape index (κ1) is 11.0. The maximum atomic E-state index is 8.89. The van der Waals surface area contributed by atoms with Crippen LogP contribution in [0.15, 0.2) is 42.5 Å². The Bertz CT molecular complexity index is 462. The SMILES string of the molecule is CC(CCO)Nc1cccc2ccccc12. The predicted octanol–water partition coefficient (Wildman–Crippen LogP) is 3.02. The van der Waals surface area contributed by atoms with Crippen LogP contribution in [0.4, 0.5) is 5.69 Å². The van der Waals surface area contributed by atoms with Crippen LogP contribution in [0.1, 0.15) is 13.3 Å². The summed E-state index contributed by atoms with van der Waals surface area (Å²) in [6.07, 6.45) is 0.767. The molecule has 0 radical (unpaired) electrons. The molecular formula is C14H17NO. The zero-order valence-corrected chi connectivity index (χ0v) is 9.48. The molecule has 84 valence electrons. The van der Waals surface area contributed by atoms with Gasteiger partial charge in [0.25, 0.3) is 0 Å². The van der Waals surface area contributed by atoms with Crippen LogP contribution >= 0.6 is 0 Å². The summed E-state index contributed by atoms with van der Waals surface area (Å²) in [5.74, 6) is 0. The van der Waals surface area contributed by atoms with E-state index < -0.39 is 0 Å². The second-order valence-corrected chi connectivity index (χ2v) is 4.08. The third-order valence-corrected chi connectivity index (χ3v) is 2.75. The Morgan fingerprint density at radius 1 is 1.12 bits per heavy atom. The summed E-state index contributed by atoms with van der Waals surface area (Å²) in [6.45, 7) is 2.30. The van der Waals surface area contributed by atoms with E-state index in [9.17, 15) is 0 Å². The maximum absolute atomic E-state index is 8.89. The summed E-state index contributed by atoms with van der Waals surface area (Å²) in [5.41, 5.74) is 1.14. The van der Waals surface area contributed by atoms with Gasteiger partial charge in [-0.15, -0.1) is 0 Å². The van der Waals surface area contributed by atoms with Crippen LogP contribution in [-0.2, 0) is 0 Å². The first-order chi connectivity index (χ1) is 7.81. The van der Waals surface area contributed by atoms with Gasteiger partial charge < -0.3 is 10.4 Å². The molecule has 2 heteroatoms. The topological polar surface area (TPSA) is 32.3 Å². The summed E-state index contributed by atoms with van der Waals surface area (Å²) in [6, 6.07) is 14.8. The zero-order valence-electron chi connectivity index (χ0n) is 9.48. The number of hydrogen-bond donors (Lipinski definition) is 2. The smallest absolute Gasteiger partial charge is 0.0450 e. The van der Waals surface area contributed by atoms with Crippen LogP contribution in [0.25, 0.3) is 10.8 Å². The van der Waals surface area contributed by atoms with Crippen LogP contribution in [0.2, 0.25) is 0 Å². The van der Waals surface area contributed by atoms with Gasteiger partial charge in [0.05, 0.1) is 0 Å². The van der Waals surface area contributed by atoms with Gasteiger partial charge in [-0.3, -0.25) is 0 Å². The lowest BCUT2D eigenvalue weighted by atomic mass is 10.1. The number of aliphatic hydroxyl groups excluding tert-OH is 1. The molecule has 0 aliphatic carbocycles. The normalized spacial score (nSPS) is 12.6. The Kier molecular flexibility index (Phi) is 3.42. The molecule has 0 aliphatic heterocycles. The highest BCUT2D eigenvalue weighted by atomic mass is 16.3.